The molecular formula is C19H17FO2. The monoisotopic (exact) mass is 296 g/mol. The van der Waals surface area contributed by atoms with E-state index >= 15 is 0 Å². The van der Waals surface area contributed by atoms with Crippen LogP contribution in [-0.2, 0) is 11.5 Å². The standard InChI is InChI=1S/C19H17FO2/c1-22-19-12-8-16(9-13-19)7-11-18(21)10-6-15-2-4-17(14-20)5-3-15/h2-13H,14H2,1H3/b10-6+,11-7+. The lowest BCUT2D eigenvalue weighted by molar-refractivity contribution is -0.110. The number of hydrogen-bond acceptors (Lipinski definition) is 2. The number of carbonyl (C=O) groups excluding carboxylic acids is 1. The number of methoxy groups -OCH3 is 1. The number of alkyl halides is 1. The van der Waals surface area contributed by atoms with Crippen molar-refractivity contribution < 1.29 is 13.9 Å². The van der Waals surface area contributed by atoms with Crippen molar-refractivity contribution in [3.8, 4) is 5.75 Å². The lowest BCUT2D eigenvalue weighted by atomic mass is 10.1. The van der Waals surface area contributed by atoms with E-state index in [2.05, 4.69) is 0 Å². The molecule has 0 heterocycles. The zero-order chi connectivity index (χ0) is 15.8. The van der Waals surface area contributed by atoms with Crippen LogP contribution in [0, 0.1) is 0 Å². The SMILES string of the molecule is COc1ccc(/C=C/C(=O)/C=C/c2ccc(CF)cc2)cc1. The fraction of sp³-hybridized carbons (Fsp3) is 0.105. The normalized spacial score (nSPS) is 11.2. The third kappa shape index (κ3) is 4.70. The molecule has 0 atom stereocenters. The van der Waals surface area contributed by atoms with Crippen LogP contribution in [0.5, 0.6) is 5.75 Å². The van der Waals surface area contributed by atoms with Crippen molar-refractivity contribution in [3.05, 3.63) is 77.4 Å². The van der Waals surface area contributed by atoms with Crippen molar-refractivity contribution in [2.75, 3.05) is 7.11 Å². The molecule has 22 heavy (non-hydrogen) atoms. The fourth-order valence-corrected chi connectivity index (χ4v) is 1.85. The van der Waals surface area contributed by atoms with E-state index in [9.17, 15) is 9.18 Å². The Labute approximate surface area is 129 Å². The topological polar surface area (TPSA) is 26.3 Å². The molecule has 0 unspecified atom stereocenters. The average Bonchev–Trinajstić information content (AvgIpc) is 2.59. The maximum atomic E-state index is 12.4. The molecule has 2 nitrogen and oxygen atoms in total. The Morgan fingerprint density at radius 1 is 0.955 bits per heavy atom. The highest BCUT2D eigenvalue weighted by atomic mass is 19.1. The van der Waals surface area contributed by atoms with Gasteiger partial charge in [-0.15, -0.1) is 0 Å². The third-order valence-electron chi connectivity index (χ3n) is 3.13. The minimum absolute atomic E-state index is 0.106. The summed E-state index contributed by atoms with van der Waals surface area (Å²) >= 11 is 0. The highest BCUT2D eigenvalue weighted by Crippen LogP contribution is 2.12. The Balaban J connectivity index is 1.95. The summed E-state index contributed by atoms with van der Waals surface area (Å²) in [5.41, 5.74) is 2.42. The van der Waals surface area contributed by atoms with Crippen molar-refractivity contribution >= 4 is 17.9 Å². The number of allylic oxidation sites excluding steroid dienone is 2. The summed E-state index contributed by atoms with van der Waals surface area (Å²) in [6.07, 6.45) is 6.46. The van der Waals surface area contributed by atoms with Gasteiger partial charge in [-0.1, -0.05) is 48.6 Å². The molecular weight excluding hydrogens is 279 g/mol. The molecule has 2 rings (SSSR count). The van der Waals surface area contributed by atoms with Gasteiger partial charge in [0.1, 0.15) is 12.4 Å². The Morgan fingerprint density at radius 3 is 1.91 bits per heavy atom. The second-order valence-corrected chi connectivity index (χ2v) is 4.72. The molecule has 0 saturated carbocycles. The molecule has 0 fully saturated rings. The molecule has 0 aliphatic rings. The van der Waals surface area contributed by atoms with Crippen LogP contribution >= 0.6 is 0 Å². The lowest BCUT2D eigenvalue weighted by Gasteiger charge is -1.98. The number of rotatable bonds is 6. The first-order valence-electron chi connectivity index (χ1n) is 6.90. The molecule has 0 radical (unpaired) electrons. The van der Waals surface area contributed by atoms with Crippen LogP contribution in [0.1, 0.15) is 16.7 Å². The highest BCUT2D eigenvalue weighted by molar-refractivity contribution is 6.04. The number of ether oxygens (including phenoxy) is 1. The van der Waals surface area contributed by atoms with Gasteiger partial charge in [-0.3, -0.25) is 4.79 Å². The zero-order valence-corrected chi connectivity index (χ0v) is 12.3. The summed E-state index contributed by atoms with van der Waals surface area (Å²) < 4.78 is 17.5. The summed E-state index contributed by atoms with van der Waals surface area (Å²) in [5.74, 6) is 0.672. The van der Waals surface area contributed by atoms with E-state index in [-0.39, 0.29) is 5.78 Å². The average molecular weight is 296 g/mol. The minimum atomic E-state index is -0.479. The molecule has 2 aromatic rings. The second-order valence-electron chi connectivity index (χ2n) is 4.72. The second kappa shape index (κ2) is 7.93. The van der Waals surface area contributed by atoms with Gasteiger partial charge in [0, 0.05) is 0 Å². The van der Waals surface area contributed by atoms with E-state index in [1.807, 2.05) is 24.3 Å². The Bertz CT molecular complexity index is 608. The van der Waals surface area contributed by atoms with Crippen LogP contribution < -0.4 is 4.74 Å². The van der Waals surface area contributed by atoms with E-state index in [0.717, 1.165) is 16.9 Å². The van der Waals surface area contributed by atoms with Crippen molar-refractivity contribution in [2.24, 2.45) is 0 Å². The Hall–Kier alpha value is -2.68. The smallest absolute Gasteiger partial charge is 0.178 e. The van der Waals surface area contributed by atoms with Crippen LogP contribution in [0.25, 0.3) is 12.2 Å². The van der Waals surface area contributed by atoms with Gasteiger partial charge in [0.2, 0.25) is 0 Å². The predicted molar refractivity (Wildman–Crippen MR) is 87.3 cm³/mol. The van der Waals surface area contributed by atoms with E-state index in [0.29, 0.717) is 5.56 Å². The van der Waals surface area contributed by atoms with Gasteiger partial charge in [-0.05, 0) is 41.0 Å². The van der Waals surface area contributed by atoms with E-state index in [1.165, 1.54) is 12.2 Å². The minimum Gasteiger partial charge on any atom is -0.497 e. The molecule has 112 valence electrons. The zero-order valence-electron chi connectivity index (χ0n) is 12.3. The summed E-state index contributed by atoms with van der Waals surface area (Å²) in [4.78, 5) is 11.8. The van der Waals surface area contributed by atoms with Gasteiger partial charge in [0.15, 0.2) is 5.78 Å². The van der Waals surface area contributed by atoms with Gasteiger partial charge in [-0.2, -0.15) is 0 Å². The predicted octanol–water partition coefficient (Wildman–Crippen LogP) is 4.46. The highest BCUT2D eigenvalue weighted by Gasteiger charge is 1.94. The fourth-order valence-electron chi connectivity index (χ4n) is 1.85. The first kappa shape index (κ1) is 15.7. The maximum absolute atomic E-state index is 12.4. The first-order chi connectivity index (χ1) is 10.7. The summed E-state index contributed by atoms with van der Waals surface area (Å²) in [6.45, 7) is -0.479. The number of benzene rings is 2. The van der Waals surface area contributed by atoms with Gasteiger partial charge in [0.05, 0.1) is 7.11 Å². The number of halogens is 1. The summed E-state index contributed by atoms with van der Waals surface area (Å²) in [5, 5.41) is 0. The van der Waals surface area contributed by atoms with E-state index in [4.69, 9.17) is 4.74 Å². The van der Waals surface area contributed by atoms with E-state index in [1.54, 1.807) is 43.5 Å². The molecule has 0 aliphatic heterocycles. The molecule has 0 amide bonds. The van der Waals surface area contributed by atoms with Crippen molar-refractivity contribution in [2.45, 2.75) is 6.67 Å². The lowest BCUT2D eigenvalue weighted by Crippen LogP contribution is -1.86. The molecule has 0 spiro atoms. The summed E-state index contributed by atoms with van der Waals surface area (Å²) in [7, 11) is 1.61. The number of ketones is 1. The van der Waals surface area contributed by atoms with E-state index < -0.39 is 6.67 Å². The van der Waals surface area contributed by atoms with Crippen molar-refractivity contribution in [3.63, 3.8) is 0 Å². The van der Waals surface area contributed by atoms with Crippen molar-refractivity contribution in [1.29, 1.82) is 0 Å². The molecule has 3 heteroatoms. The van der Waals surface area contributed by atoms with Gasteiger partial charge >= 0.3 is 0 Å². The van der Waals surface area contributed by atoms with Gasteiger partial charge in [-0.25, -0.2) is 4.39 Å². The third-order valence-corrected chi connectivity index (χ3v) is 3.13. The molecule has 0 saturated heterocycles. The maximum Gasteiger partial charge on any atom is 0.178 e. The van der Waals surface area contributed by atoms with Crippen LogP contribution in [-0.4, -0.2) is 12.9 Å². The van der Waals surface area contributed by atoms with Crippen LogP contribution in [0.4, 0.5) is 4.39 Å². The Kier molecular flexibility index (Phi) is 5.66. The number of carbonyl (C=O) groups is 1. The van der Waals surface area contributed by atoms with Crippen LogP contribution in [0.2, 0.25) is 0 Å². The molecule has 0 aromatic heterocycles. The summed E-state index contributed by atoms with van der Waals surface area (Å²) in [6, 6.07) is 14.4. The molecule has 2 aromatic carbocycles. The largest absolute Gasteiger partial charge is 0.497 e. The number of hydrogen-bond donors (Lipinski definition) is 0. The van der Waals surface area contributed by atoms with Gasteiger partial charge < -0.3 is 4.74 Å². The quantitative estimate of drug-likeness (QED) is 0.736. The first-order valence-corrected chi connectivity index (χ1v) is 6.90. The molecule has 0 N–H and O–H groups in total. The van der Waals surface area contributed by atoms with Crippen LogP contribution in [0.15, 0.2) is 60.7 Å². The van der Waals surface area contributed by atoms with Crippen LogP contribution in [0.3, 0.4) is 0 Å². The Morgan fingerprint density at radius 2 is 1.45 bits per heavy atom. The van der Waals surface area contributed by atoms with Crippen molar-refractivity contribution in [1.82, 2.24) is 0 Å². The molecule has 0 aliphatic carbocycles. The molecule has 0 bridgehead atoms. The van der Waals surface area contributed by atoms with Gasteiger partial charge in [0.25, 0.3) is 0 Å².